The first kappa shape index (κ1) is 75.1. The van der Waals surface area contributed by atoms with Crippen molar-refractivity contribution in [2.75, 3.05) is 32.7 Å². The van der Waals surface area contributed by atoms with Gasteiger partial charge in [0.15, 0.2) is 0 Å². The molecule has 3 aliphatic rings. The molecular formula is C27H61Cl3Mn3N3O13-3. The van der Waals surface area contributed by atoms with E-state index in [2.05, 4.69) is 16.0 Å². The standard InChI is InChI=1S/2C5H9ClN.C5H5ClN.6C2H6O2.3Mn.H2O/c3*6-5-2-1-3-7-4-5;6*1-2(3)4;;;;/h2*5H,1-4H2;1-2,4H,3H2;6*2-4H,1H3;;;;1H2/q3*-1;;;;;;;;;;. The normalized spacial score (nSPS) is 16.4. The Morgan fingerprint density at radius 1 is 0.571 bits per heavy atom. The predicted molar refractivity (Wildman–Crippen MR) is 182 cm³/mol. The van der Waals surface area contributed by atoms with Gasteiger partial charge < -0.3 is 82.7 Å². The van der Waals surface area contributed by atoms with Crippen LogP contribution in [-0.2, 0) is 51.2 Å². The largest absolute Gasteiger partial charge is 0.686 e. The Bertz CT molecular complexity index is 522. The Hall–Kier alpha value is 1.11. The monoisotopic (exact) mass is 905 g/mol. The van der Waals surface area contributed by atoms with Gasteiger partial charge in [0, 0.05) is 67.0 Å². The average Bonchev–Trinajstić information content (AvgIpc) is 2.84. The fourth-order valence-electron chi connectivity index (χ4n) is 1.90. The molecule has 307 valence electrons. The van der Waals surface area contributed by atoms with Crippen LogP contribution < -0.4 is 0 Å². The van der Waals surface area contributed by atoms with Gasteiger partial charge in [0.2, 0.25) is 0 Å². The van der Waals surface area contributed by atoms with Crippen LogP contribution in [-0.4, -0.2) is 148 Å². The van der Waals surface area contributed by atoms with Crippen LogP contribution >= 0.6 is 34.8 Å². The van der Waals surface area contributed by atoms with Gasteiger partial charge in [-0.2, -0.15) is 6.20 Å². The molecule has 2 atom stereocenters. The second-order valence-corrected chi connectivity index (χ2v) is 10.5. The molecule has 0 aromatic heterocycles. The van der Waals surface area contributed by atoms with Gasteiger partial charge in [-0.3, -0.25) is 0 Å². The zero-order valence-electron chi connectivity index (χ0n) is 28.7. The molecule has 0 aliphatic carbocycles. The first-order valence-corrected chi connectivity index (χ1v) is 15.2. The third-order valence-electron chi connectivity index (χ3n) is 3.02. The maximum absolute atomic E-state index is 7.61. The number of hydrogen-bond acceptors (Lipinski definition) is 12. The summed E-state index contributed by atoms with van der Waals surface area (Å²) in [5, 5.41) is 105. The molecule has 16 nitrogen and oxygen atoms in total. The molecule has 22 heteroatoms. The van der Waals surface area contributed by atoms with Gasteiger partial charge in [0.1, 0.15) is 37.7 Å². The van der Waals surface area contributed by atoms with E-state index >= 15 is 0 Å². The number of nitrogens with zero attached hydrogens (tertiary/aromatic N) is 3. The van der Waals surface area contributed by atoms with Crippen LogP contribution in [0.2, 0.25) is 0 Å². The Labute approximate surface area is 338 Å². The minimum absolute atomic E-state index is 0. The van der Waals surface area contributed by atoms with Crippen molar-refractivity contribution < 1.29 is 118 Å². The van der Waals surface area contributed by atoms with Crippen molar-refractivity contribution in [1.29, 1.82) is 0 Å². The smallest absolute Gasteiger partial charge is 0.148 e. The first-order valence-electron chi connectivity index (χ1n) is 14.0. The van der Waals surface area contributed by atoms with Crippen molar-refractivity contribution in [3.63, 3.8) is 0 Å². The molecule has 49 heavy (non-hydrogen) atoms. The fourth-order valence-corrected chi connectivity index (χ4v) is 2.57. The summed E-state index contributed by atoms with van der Waals surface area (Å²) in [6.45, 7) is 12.3. The SMILES string of the molecule is CC(O)O.CC(O)O.CC(O)O.CC(O)O.CC(O)O.CC(O)O.ClC1=C[N-]CC=C1.ClC1CCC[N-]C1.ClC1CCC[N-]C1.O.[Mn].[Mn].[Mn]. The van der Waals surface area contributed by atoms with Gasteiger partial charge in [-0.15, -0.1) is 62.0 Å². The van der Waals surface area contributed by atoms with Crippen molar-refractivity contribution in [1.82, 2.24) is 0 Å². The molecule has 3 rings (SSSR count). The van der Waals surface area contributed by atoms with Gasteiger partial charge in [0.25, 0.3) is 0 Å². The molecule has 3 heterocycles. The van der Waals surface area contributed by atoms with Gasteiger partial charge >= 0.3 is 0 Å². The van der Waals surface area contributed by atoms with E-state index in [1.54, 1.807) is 6.20 Å². The molecule has 14 N–H and O–H groups in total. The van der Waals surface area contributed by atoms with Crippen molar-refractivity contribution >= 4 is 34.8 Å². The van der Waals surface area contributed by atoms with E-state index in [9.17, 15) is 0 Å². The molecule has 0 amide bonds. The third kappa shape index (κ3) is 173. The molecule has 0 spiro atoms. The van der Waals surface area contributed by atoms with E-state index in [-0.39, 0.29) is 56.7 Å². The summed E-state index contributed by atoms with van der Waals surface area (Å²) in [6, 6.07) is 0. The quantitative estimate of drug-likeness (QED) is 0.0904. The molecule has 0 aromatic rings. The number of alkyl halides is 2. The number of aliphatic hydroxyl groups excluding tert-OH is 6. The van der Waals surface area contributed by atoms with Crippen molar-refractivity contribution in [2.24, 2.45) is 0 Å². The zero-order chi connectivity index (χ0) is 36.8. The summed E-state index contributed by atoms with van der Waals surface area (Å²) in [4.78, 5) is 0. The van der Waals surface area contributed by atoms with E-state index in [1.165, 1.54) is 54.4 Å². The molecule has 3 aliphatic heterocycles. The summed E-state index contributed by atoms with van der Waals surface area (Å²) in [6.07, 6.45) is 3.11. The maximum atomic E-state index is 7.61. The zero-order valence-corrected chi connectivity index (χ0v) is 34.5. The van der Waals surface area contributed by atoms with Crippen molar-refractivity contribution in [2.45, 2.75) is 116 Å². The molecule has 3 radical (unpaired) electrons. The third-order valence-corrected chi connectivity index (χ3v) is 3.96. The van der Waals surface area contributed by atoms with Crippen LogP contribution in [0.15, 0.2) is 23.4 Å². The van der Waals surface area contributed by atoms with Gasteiger partial charge in [-0.25, -0.2) is 0 Å². The van der Waals surface area contributed by atoms with E-state index < -0.39 is 37.7 Å². The minimum Gasteiger partial charge on any atom is -0.686 e. The summed E-state index contributed by atoms with van der Waals surface area (Å²) in [5.41, 5.74) is 0. The van der Waals surface area contributed by atoms with Gasteiger partial charge in [0.05, 0.1) is 0 Å². The minimum atomic E-state index is -1.17. The number of piperidine rings is 2. The number of rotatable bonds is 0. The van der Waals surface area contributed by atoms with Crippen LogP contribution in [0.25, 0.3) is 16.0 Å². The number of halogens is 3. The van der Waals surface area contributed by atoms with Crippen molar-refractivity contribution in [3.8, 4) is 0 Å². The van der Waals surface area contributed by atoms with Gasteiger partial charge in [-0.1, -0.05) is 30.5 Å². The Balaban J connectivity index is -0.0000000439. The average molecular weight is 907 g/mol. The number of aliphatic hydroxyl groups is 12. The predicted octanol–water partition coefficient (Wildman–Crippen LogP) is 0.602. The second-order valence-electron chi connectivity index (χ2n) is 8.81. The van der Waals surface area contributed by atoms with E-state index in [4.69, 9.17) is 96.1 Å². The van der Waals surface area contributed by atoms with Crippen LogP contribution in [0.4, 0.5) is 0 Å². The summed E-state index contributed by atoms with van der Waals surface area (Å²) in [7, 11) is 0. The first-order chi connectivity index (χ1) is 20.6. The maximum Gasteiger partial charge on any atom is 0.148 e. The molecule has 2 saturated heterocycles. The van der Waals surface area contributed by atoms with Crippen LogP contribution in [0.1, 0.15) is 67.2 Å². The molecule has 0 aromatic carbocycles. The van der Waals surface area contributed by atoms with Gasteiger partial charge in [-0.05, 0) is 54.4 Å². The van der Waals surface area contributed by atoms with E-state index in [0.717, 1.165) is 45.6 Å². The topological polar surface area (TPSA) is 317 Å². The Morgan fingerprint density at radius 3 is 0.898 bits per heavy atom. The Kier molecular flexibility index (Phi) is 93.8. The number of hydrogen-bond donors (Lipinski definition) is 12. The van der Waals surface area contributed by atoms with Crippen molar-refractivity contribution in [3.05, 3.63) is 39.3 Å². The fraction of sp³-hybridized carbons (Fsp3) is 0.852. The van der Waals surface area contributed by atoms with E-state index in [1.807, 2.05) is 12.2 Å². The molecule has 0 bridgehead atoms. The van der Waals surface area contributed by atoms with Crippen LogP contribution in [0.3, 0.4) is 0 Å². The molecule has 2 fully saturated rings. The molecular weight excluding hydrogens is 845 g/mol. The second kappa shape index (κ2) is 61.2. The van der Waals surface area contributed by atoms with E-state index in [0.29, 0.717) is 15.8 Å². The van der Waals surface area contributed by atoms with Crippen LogP contribution in [0.5, 0.6) is 0 Å². The summed E-state index contributed by atoms with van der Waals surface area (Å²) < 4.78 is 0. The summed E-state index contributed by atoms with van der Waals surface area (Å²) in [5.74, 6) is 0. The number of allylic oxidation sites excluding steroid dienone is 2. The molecule has 0 saturated carbocycles. The summed E-state index contributed by atoms with van der Waals surface area (Å²) >= 11 is 16.9. The molecule has 2 unspecified atom stereocenters. The Morgan fingerprint density at radius 2 is 0.816 bits per heavy atom. The van der Waals surface area contributed by atoms with Crippen LogP contribution in [0, 0.1) is 0 Å².